The zero-order valence-electron chi connectivity index (χ0n) is 11.6. The highest BCUT2D eigenvalue weighted by atomic mass is 32.1. The van der Waals surface area contributed by atoms with Gasteiger partial charge in [-0.1, -0.05) is 6.92 Å². The molecular weight excluding hydrogens is 288 g/mol. The summed E-state index contributed by atoms with van der Waals surface area (Å²) in [5.74, 6) is -0.990. The van der Waals surface area contributed by atoms with Crippen molar-refractivity contribution in [1.82, 2.24) is 5.32 Å². The van der Waals surface area contributed by atoms with Crippen LogP contribution in [0.15, 0.2) is 36.4 Å². The van der Waals surface area contributed by atoms with Gasteiger partial charge < -0.3 is 15.7 Å². The predicted molar refractivity (Wildman–Crippen MR) is 83.0 cm³/mol. The Hall–Kier alpha value is -2.34. The van der Waals surface area contributed by atoms with Crippen molar-refractivity contribution in [2.45, 2.75) is 19.9 Å². The summed E-state index contributed by atoms with van der Waals surface area (Å²) < 4.78 is 0. The number of aromatic carboxylic acids is 1. The van der Waals surface area contributed by atoms with Crippen LogP contribution in [0.25, 0.3) is 0 Å². The first-order valence-electron chi connectivity index (χ1n) is 6.54. The second kappa shape index (κ2) is 6.90. The normalized spacial score (nSPS) is 10.1. The van der Waals surface area contributed by atoms with Crippen molar-refractivity contribution < 1.29 is 14.7 Å². The van der Waals surface area contributed by atoms with Crippen molar-refractivity contribution in [3.63, 3.8) is 0 Å². The number of hydrogen-bond donors (Lipinski definition) is 3. The lowest BCUT2D eigenvalue weighted by Gasteiger charge is -2.07. The lowest BCUT2D eigenvalue weighted by molar-refractivity contribution is 0.0697. The lowest BCUT2D eigenvalue weighted by Crippen LogP contribution is -2.27. The highest BCUT2D eigenvalue weighted by molar-refractivity contribution is 7.11. The molecule has 0 saturated carbocycles. The molecule has 2 amide bonds. The van der Waals surface area contributed by atoms with Crippen LogP contribution in [0, 0.1) is 0 Å². The molecule has 21 heavy (non-hydrogen) atoms. The molecule has 0 radical (unpaired) electrons. The molecule has 0 aliphatic carbocycles. The lowest BCUT2D eigenvalue weighted by atomic mass is 10.2. The predicted octanol–water partition coefficient (Wildman–Crippen LogP) is 3.33. The van der Waals surface area contributed by atoms with Gasteiger partial charge in [-0.25, -0.2) is 9.59 Å². The Kier molecular flexibility index (Phi) is 4.94. The zero-order valence-corrected chi connectivity index (χ0v) is 12.4. The molecule has 2 rings (SSSR count). The number of urea groups is 1. The van der Waals surface area contributed by atoms with Crippen molar-refractivity contribution in [2.75, 3.05) is 5.32 Å². The van der Waals surface area contributed by atoms with Crippen molar-refractivity contribution in [3.05, 3.63) is 51.7 Å². The van der Waals surface area contributed by atoms with E-state index in [4.69, 9.17) is 5.11 Å². The molecule has 0 aliphatic rings. The maximum Gasteiger partial charge on any atom is 0.335 e. The summed E-state index contributed by atoms with van der Waals surface area (Å²) in [6, 6.07) is 9.77. The molecule has 1 aromatic carbocycles. The van der Waals surface area contributed by atoms with Crippen LogP contribution in [-0.4, -0.2) is 17.1 Å². The van der Waals surface area contributed by atoms with E-state index >= 15 is 0 Å². The van der Waals surface area contributed by atoms with E-state index in [1.54, 1.807) is 23.5 Å². The summed E-state index contributed by atoms with van der Waals surface area (Å²) in [6.45, 7) is 2.57. The van der Waals surface area contributed by atoms with Gasteiger partial charge in [-0.15, -0.1) is 11.3 Å². The van der Waals surface area contributed by atoms with E-state index in [2.05, 4.69) is 23.6 Å². The average molecular weight is 304 g/mol. The minimum atomic E-state index is -0.990. The van der Waals surface area contributed by atoms with Gasteiger partial charge in [-0.3, -0.25) is 0 Å². The third-order valence-electron chi connectivity index (χ3n) is 2.88. The van der Waals surface area contributed by atoms with Gasteiger partial charge >= 0.3 is 12.0 Å². The van der Waals surface area contributed by atoms with E-state index in [0.29, 0.717) is 12.2 Å². The number of amides is 2. The number of benzene rings is 1. The van der Waals surface area contributed by atoms with Crippen molar-refractivity contribution >= 4 is 29.0 Å². The van der Waals surface area contributed by atoms with Crippen LogP contribution in [-0.2, 0) is 13.0 Å². The van der Waals surface area contributed by atoms with Crippen LogP contribution >= 0.6 is 11.3 Å². The minimum absolute atomic E-state index is 0.187. The van der Waals surface area contributed by atoms with E-state index in [1.807, 2.05) is 6.07 Å². The summed E-state index contributed by atoms with van der Waals surface area (Å²) in [5.41, 5.74) is 0.740. The molecule has 1 aromatic heterocycles. The van der Waals surface area contributed by atoms with Gasteiger partial charge in [0.05, 0.1) is 12.1 Å². The fourth-order valence-corrected chi connectivity index (χ4v) is 2.64. The zero-order chi connectivity index (χ0) is 15.2. The number of nitrogens with one attached hydrogen (secondary N) is 2. The fraction of sp³-hybridized carbons (Fsp3) is 0.200. The van der Waals surface area contributed by atoms with Crippen molar-refractivity contribution in [3.8, 4) is 0 Å². The number of anilines is 1. The van der Waals surface area contributed by atoms with Gasteiger partial charge in [-0.05, 0) is 42.8 Å². The minimum Gasteiger partial charge on any atom is -0.478 e. The van der Waals surface area contributed by atoms with Gasteiger partial charge in [0.2, 0.25) is 0 Å². The SMILES string of the molecule is CCc1ccc(CNC(=O)Nc2ccc(C(=O)O)cc2)s1. The summed E-state index contributed by atoms with van der Waals surface area (Å²) >= 11 is 1.68. The first-order chi connectivity index (χ1) is 10.1. The summed E-state index contributed by atoms with van der Waals surface area (Å²) in [7, 11) is 0. The van der Waals surface area contributed by atoms with Gasteiger partial charge in [0.15, 0.2) is 0 Å². The molecule has 0 bridgehead atoms. The van der Waals surface area contributed by atoms with Gasteiger partial charge in [0.1, 0.15) is 0 Å². The number of hydrogen-bond acceptors (Lipinski definition) is 3. The molecule has 0 spiro atoms. The monoisotopic (exact) mass is 304 g/mol. The largest absolute Gasteiger partial charge is 0.478 e. The first-order valence-corrected chi connectivity index (χ1v) is 7.36. The third kappa shape index (κ3) is 4.32. The molecule has 6 heteroatoms. The van der Waals surface area contributed by atoms with Crippen LogP contribution in [0.4, 0.5) is 10.5 Å². The van der Waals surface area contributed by atoms with E-state index < -0.39 is 5.97 Å². The fourth-order valence-electron chi connectivity index (χ4n) is 1.75. The van der Waals surface area contributed by atoms with Crippen LogP contribution < -0.4 is 10.6 Å². The molecule has 5 nitrogen and oxygen atoms in total. The Bertz CT molecular complexity index is 635. The smallest absolute Gasteiger partial charge is 0.335 e. The van der Waals surface area contributed by atoms with Crippen molar-refractivity contribution in [2.24, 2.45) is 0 Å². The molecule has 0 saturated heterocycles. The highest BCUT2D eigenvalue weighted by Crippen LogP contribution is 2.16. The summed E-state index contributed by atoms with van der Waals surface area (Å²) in [5, 5.41) is 14.2. The second-order valence-electron chi connectivity index (χ2n) is 4.41. The maximum absolute atomic E-state index is 11.7. The third-order valence-corrected chi connectivity index (χ3v) is 4.11. The standard InChI is InChI=1S/C15H16N2O3S/c1-2-12-7-8-13(21-12)9-16-15(20)17-11-5-3-10(4-6-11)14(18)19/h3-8H,2,9H2,1H3,(H,18,19)(H2,16,17,20). The van der Waals surface area contributed by atoms with E-state index in [-0.39, 0.29) is 11.6 Å². The highest BCUT2D eigenvalue weighted by Gasteiger charge is 2.05. The number of rotatable bonds is 5. The Balaban J connectivity index is 1.85. The quantitative estimate of drug-likeness (QED) is 0.792. The van der Waals surface area contributed by atoms with Gasteiger partial charge in [-0.2, -0.15) is 0 Å². The van der Waals surface area contributed by atoms with E-state index in [9.17, 15) is 9.59 Å². The Morgan fingerprint density at radius 3 is 2.33 bits per heavy atom. The second-order valence-corrected chi connectivity index (χ2v) is 5.66. The van der Waals surface area contributed by atoms with Crippen LogP contribution in [0.3, 0.4) is 0 Å². The van der Waals surface area contributed by atoms with Gasteiger partial charge in [0.25, 0.3) is 0 Å². The molecule has 1 heterocycles. The Morgan fingerprint density at radius 2 is 1.76 bits per heavy atom. The molecule has 0 fully saturated rings. The molecule has 110 valence electrons. The Labute approximate surface area is 126 Å². The maximum atomic E-state index is 11.7. The van der Waals surface area contributed by atoms with Crippen LogP contribution in [0.2, 0.25) is 0 Å². The average Bonchev–Trinajstić information content (AvgIpc) is 2.94. The number of carboxylic acids is 1. The number of carboxylic acid groups (broad SMARTS) is 1. The molecule has 0 aliphatic heterocycles. The number of carbonyl (C=O) groups excluding carboxylic acids is 1. The molecule has 2 aromatic rings. The first kappa shape index (κ1) is 15.1. The number of thiophene rings is 1. The van der Waals surface area contributed by atoms with Gasteiger partial charge in [0, 0.05) is 15.4 Å². The number of carbonyl (C=O) groups is 2. The Morgan fingerprint density at radius 1 is 1.10 bits per heavy atom. The number of aryl methyl sites for hydroxylation is 1. The molecule has 0 atom stereocenters. The van der Waals surface area contributed by atoms with E-state index in [1.165, 1.54) is 17.0 Å². The van der Waals surface area contributed by atoms with Crippen molar-refractivity contribution in [1.29, 1.82) is 0 Å². The molecular formula is C15H16N2O3S. The molecule has 0 unspecified atom stereocenters. The topological polar surface area (TPSA) is 78.4 Å². The van der Waals surface area contributed by atoms with E-state index in [0.717, 1.165) is 11.3 Å². The summed E-state index contributed by atoms with van der Waals surface area (Å²) in [6.07, 6.45) is 0.993. The van der Waals surface area contributed by atoms with Crippen LogP contribution in [0.5, 0.6) is 0 Å². The molecule has 3 N–H and O–H groups in total. The van der Waals surface area contributed by atoms with Crippen LogP contribution in [0.1, 0.15) is 27.0 Å². The summed E-state index contributed by atoms with van der Waals surface area (Å²) in [4.78, 5) is 24.9.